The third-order valence-electron chi connectivity index (χ3n) is 4.83. The molecule has 1 atom stereocenters. The number of carbonyl (C=O) groups is 1. The fraction of sp³-hybridized carbons (Fsp3) is 0.217. The van der Waals surface area contributed by atoms with Crippen molar-refractivity contribution in [1.82, 2.24) is 9.29 Å². The first-order chi connectivity index (χ1) is 15.2. The van der Waals surface area contributed by atoms with Gasteiger partial charge in [-0.15, -0.1) is 0 Å². The molecule has 7 nitrogen and oxygen atoms in total. The number of benzene rings is 2. The molecular formula is C23H24FN3O4S. The lowest BCUT2D eigenvalue weighted by molar-refractivity contribution is -0.118. The minimum atomic E-state index is -4.24. The smallest absolute Gasteiger partial charge is 0.250 e. The summed E-state index contributed by atoms with van der Waals surface area (Å²) < 4.78 is 43.0. The van der Waals surface area contributed by atoms with Gasteiger partial charge in [-0.1, -0.05) is 44.2 Å². The third kappa shape index (κ3) is 5.68. The summed E-state index contributed by atoms with van der Waals surface area (Å²) in [6.45, 7) is 3.76. The van der Waals surface area contributed by atoms with Gasteiger partial charge in [0, 0.05) is 18.0 Å². The van der Waals surface area contributed by atoms with E-state index in [9.17, 15) is 22.4 Å². The lowest BCUT2D eigenvalue weighted by atomic mass is 10.0. The summed E-state index contributed by atoms with van der Waals surface area (Å²) in [6, 6.07) is 15.7. The molecule has 1 heterocycles. The fourth-order valence-electron chi connectivity index (χ4n) is 3.09. The van der Waals surface area contributed by atoms with Crippen LogP contribution in [0.15, 0.2) is 82.6 Å². The number of hydrogen-bond acceptors (Lipinski definition) is 4. The van der Waals surface area contributed by atoms with E-state index in [1.165, 1.54) is 18.2 Å². The molecule has 0 fully saturated rings. The molecular weight excluding hydrogens is 433 g/mol. The molecule has 0 unspecified atom stereocenters. The molecule has 0 saturated heterocycles. The van der Waals surface area contributed by atoms with Crippen molar-refractivity contribution in [2.24, 2.45) is 5.92 Å². The van der Waals surface area contributed by atoms with Crippen LogP contribution in [0.2, 0.25) is 0 Å². The van der Waals surface area contributed by atoms with E-state index >= 15 is 0 Å². The van der Waals surface area contributed by atoms with Crippen molar-refractivity contribution in [2.45, 2.75) is 31.3 Å². The SMILES string of the molecule is CC(C)[C@H](NS(=O)(=O)c1ccccc1F)C(=O)Nc1ccc(Cn2ccccc2=O)cc1. The van der Waals surface area contributed by atoms with E-state index < -0.39 is 32.7 Å². The van der Waals surface area contributed by atoms with Crippen molar-refractivity contribution in [1.29, 1.82) is 0 Å². The number of halogens is 1. The molecule has 2 N–H and O–H groups in total. The highest BCUT2D eigenvalue weighted by Gasteiger charge is 2.29. The average Bonchev–Trinajstić information content (AvgIpc) is 2.75. The largest absolute Gasteiger partial charge is 0.325 e. The van der Waals surface area contributed by atoms with Crippen LogP contribution < -0.4 is 15.6 Å². The zero-order valence-corrected chi connectivity index (χ0v) is 18.5. The Morgan fingerprint density at radius 2 is 1.66 bits per heavy atom. The number of rotatable bonds is 8. The van der Waals surface area contributed by atoms with Gasteiger partial charge < -0.3 is 9.88 Å². The highest BCUT2D eigenvalue weighted by molar-refractivity contribution is 7.89. The van der Waals surface area contributed by atoms with Crippen molar-refractivity contribution >= 4 is 21.6 Å². The summed E-state index contributed by atoms with van der Waals surface area (Å²) in [4.78, 5) is 24.1. The maximum Gasteiger partial charge on any atom is 0.250 e. The topological polar surface area (TPSA) is 97.3 Å². The number of hydrogen-bond donors (Lipinski definition) is 2. The molecule has 0 aliphatic rings. The van der Waals surface area contributed by atoms with Gasteiger partial charge in [-0.2, -0.15) is 4.72 Å². The van der Waals surface area contributed by atoms with Crippen LogP contribution in [0.1, 0.15) is 19.4 Å². The molecule has 2 aromatic carbocycles. The number of amides is 1. The molecule has 0 spiro atoms. The van der Waals surface area contributed by atoms with E-state index in [1.807, 2.05) is 0 Å². The molecule has 0 saturated carbocycles. The van der Waals surface area contributed by atoms with Crippen molar-refractivity contribution in [3.8, 4) is 0 Å². The number of pyridine rings is 1. The van der Waals surface area contributed by atoms with Crippen LogP contribution in [0.4, 0.5) is 10.1 Å². The second kappa shape index (κ2) is 9.88. The maximum atomic E-state index is 14.0. The molecule has 1 amide bonds. The third-order valence-corrected chi connectivity index (χ3v) is 6.31. The van der Waals surface area contributed by atoms with E-state index in [0.29, 0.717) is 12.2 Å². The number of nitrogens with zero attached hydrogens (tertiary/aromatic N) is 1. The summed E-state index contributed by atoms with van der Waals surface area (Å²) in [6.07, 6.45) is 1.69. The Morgan fingerprint density at radius 1 is 1.00 bits per heavy atom. The molecule has 0 radical (unpaired) electrons. The van der Waals surface area contributed by atoms with Gasteiger partial charge in [0.1, 0.15) is 16.8 Å². The van der Waals surface area contributed by atoms with Gasteiger partial charge in [0.05, 0.1) is 6.54 Å². The first-order valence-electron chi connectivity index (χ1n) is 9.99. The van der Waals surface area contributed by atoms with Gasteiger partial charge in [-0.3, -0.25) is 9.59 Å². The Labute approximate surface area is 186 Å². The van der Waals surface area contributed by atoms with Gasteiger partial charge in [-0.25, -0.2) is 12.8 Å². The van der Waals surface area contributed by atoms with Crippen LogP contribution in [0, 0.1) is 11.7 Å². The first kappa shape index (κ1) is 23.4. The lowest BCUT2D eigenvalue weighted by Crippen LogP contribution is -2.47. The standard InChI is InChI=1S/C23H24FN3O4S/c1-16(2)22(26-32(30,31)20-8-4-3-7-19(20)24)23(29)25-18-12-10-17(11-13-18)15-27-14-6-5-9-21(27)28/h3-14,16,22,26H,15H2,1-2H3,(H,25,29)/t22-/m0/s1. The molecule has 32 heavy (non-hydrogen) atoms. The Bertz CT molecular complexity index is 1250. The van der Waals surface area contributed by atoms with Crippen molar-refractivity contribution in [3.05, 3.63) is 94.7 Å². The van der Waals surface area contributed by atoms with Gasteiger partial charge in [-0.05, 0) is 41.8 Å². The number of anilines is 1. The van der Waals surface area contributed by atoms with Crippen LogP contribution in [-0.4, -0.2) is 24.9 Å². The molecule has 168 valence electrons. The predicted molar refractivity (Wildman–Crippen MR) is 120 cm³/mol. The average molecular weight is 458 g/mol. The highest BCUT2D eigenvalue weighted by atomic mass is 32.2. The Morgan fingerprint density at radius 3 is 2.28 bits per heavy atom. The van der Waals surface area contributed by atoms with Crippen LogP contribution in [-0.2, 0) is 21.4 Å². The number of sulfonamides is 1. The monoisotopic (exact) mass is 457 g/mol. The molecule has 0 aliphatic heterocycles. The predicted octanol–water partition coefficient (Wildman–Crippen LogP) is 2.98. The highest BCUT2D eigenvalue weighted by Crippen LogP contribution is 2.17. The van der Waals surface area contributed by atoms with E-state index in [2.05, 4.69) is 10.0 Å². The first-order valence-corrected chi connectivity index (χ1v) is 11.5. The summed E-state index contributed by atoms with van der Waals surface area (Å²) in [5.74, 6) is -1.84. The second-order valence-electron chi connectivity index (χ2n) is 7.63. The Hall–Kier alpha value is -3.30. The number of nitrogens with one attached hydrogen (secondary N) is 2. The normalized spacial score (nSPS) is 12.5. The fourth-order valence-corrected chi connectivity index (χ4v) is 4.51. The summed E-state index contributed by atoms with van der Waals surface area (Å²) >= 11 is 0. The van der Waals surface area contributed by atoms with Gasteiger partial charge in [0.25, 0.3) is 5.56 Å². The molecule has 9 heteroatoms. The number of aromatic nitrogens is 1. The zero-order valence-electron chi connectivity index (χ0n) is 17.7. The minimum Gasteiger partial charge on any atom is -0.325 e. The van der Waals surface area contributed by atoms with Crippen LogP contribution in [0.25, 0.3) is 0 Å². The summed E-state index contributed by atoms with van der Waals surface area (Å²) in [5.41, 5.74) is 1.21. The quantitative estimate of drug-likeness (QED) is 0.543. The molecule has 0 bridgehead atoms. The van der Waals surface area contributed by atoms with Crippen LogP contribution in [0.3, 0.4) is 0 Å². The van der Waals surface area contributed by atoms with Crippen molar-refractivity contribution < 1.29 is 17.6 Å². The molecule has 3 rings (SSSR count). The van der Waals surface area contributed by atoms with Gasteiger partial charge in [0.2, 0.25) is 15.9 Å². The van der Waals surface area contributed by atoms with Gasteiger partial charge in [0.15, 0.2) is 0 Å². The van der Waals surface area contributed by atoms with E-state index in [-0.39, 0.29) is 11.5 Å². The Balaban J connectivity index is 1.71. The Kier molecular flexibility index (Phi) is 7.22. The maximum absolute atomic E-state index is 14.0. The summed E-state index contributed by atoms with van der Waals surface area (Å²) in [7, 11) is -4.24. The van der Waals surface area contributed by atoms with Crippen LogP contribution in [0.5, 0.6) is 0 Å². The van der Waals surface area contributed by atoms with Crippen LogP contribution >= 0.6 is 0 Å². The summed E-state index contributed by atoms with van der Waals surface area (Å²) in [5, 5.41) is 2.69. The number of carbonyl (C=O) groups excluding carboxylic acids is 1. The second-order valence-corrected chi connectivity index (χ2v) is 9.31. The zero-order chi connectivity index (χ0) is 23.3. The van der Waals surface area contributed by atoms with Crippen molar-refractivity contribution in [3.63, 3.8) is 0 Å². The van der Waals surface area contributed by atoms with Crippen molar-refractivity contribution in [2.75, 3.05) is 5.32 Å². The molecule has 0 aliphatic carbocycles. The van der Waals surface area contributed by atoms with E-state index in [1.54, 1.807) is 61.0 Å². The minimum absolute atomic E-state index is 0.119. The van der Waals surface area contributed by atoms with E-state index in [4.69, 9.17) is 0 Å². The van der Waals surface area contributed by atoms with E-state index in [0.717, 1.165) is 17.7 Å². The molecule has 1 aromatic heterocycles. The molecule has 3 aromatic rings. The lowest BCUT2D eigenvalue weighted by Gasteiger charge is -2.22. The van der Waals surface area contributed by atoms with Gasteiger partial charge >= 0.3 is 0 Å².